The average Bonchev–Trinajstić information content (AvgIpc) is 3.02. The van der Waals surface area contributed by atoms with Gasteiger partial charge in [-0.1, -0.05) is 0 Å². The molecule has 1 aromatic heterocycles. The highest BCUT2D eigenvalue weighted by molar-refractivity contribution is 7.98. The summed E-state index contributed by atoms with van der Waals surface area (Å²) >= 11 is 1.85. The highest BCUT2D eigenvalue weighted by Crippen LogP contribution is 2.10. The molecule has 2 rings (SSSR count). The number of aryl methyl sites for hydroxylation is 1. The van der Waals surface area contributed by atoms with Crippen molar-refractivity contribution in [2.24, 2.45) is 12.0 Å². The molecule has 1 aromatic rings. The highest BCUT2D eigenvalue weighted by atomic mass is 32.2. The van der Waals surface area contributed by atoms with Crippen LogP contribution < -0.4 is 10.6 Å². The third-order valence-electron chi connectivity index (χ3n) is 5.17. The number of aliphatic imine (C=N–C) groups is 1. The number of guanidine groups is 1. The van der Waals surface area contributed by atoms with Crippen molar-refractivity contribution >= 4 is 23.6 Å². The number of likely N-dealkylation sites (N-methyl/N-ethyl adjacent to an activating group) is 1. The number of hydrogen-bond acceptors (Lipinski definition) is 6. The summed E-state index contributed by atoms with van der Waals surface area (Å²) in [4.78, 5) is 20.5. The van der Waals surface area contributed by atoms with Gasteiger partial charge in [0.25, 0.3) is 0 Å². The molecule has 10 heteroatoms. The van der Waals surface area contributed by atoms with Crippen molar-refractivity contribution in [3.05, 3.63) is 11.6 Å². The summed E-state index contributed by atoms with van der Waals surface area (Å²) in [7, 11) is 5.57. The Labute approximate surface area is 178 Å². The fourth-order valence-electron chi connectivity index (χ4n) is 3.08. The monoisotopic (exact) mass is 424 g/mol. The van der Waals surface area contributed by atoms with E-state index in [1.54, 1.807) is 19.0 Å². The Balaban J connectivity index is 1.89. The maximum Gasteiger partial charge on any atom is 0.236 e. The molecule has 9 nitrogen and oxygen atoms in total. The number of carbonyl (C=O) groups excluding carboxylic acids is 1. The first-order valence-electron chi connectivity index (χ1n) is 10.2. The van der Waals surface area contributed by atoms with Gasteiger partial charge in [0.15, 0.2) is 11.8 Å². The Morgan fingerprint density at radius 3 is 2.62 bits per heavy atom. The Morgan fingerprint density at radius 2 is 2.03 bits per heavy atom. The number of likely N-dealkylation sites (tertiary alicyclic amines) is 1. The van der Waals surface area contributed by atoms with Crippen LogP contribution in [0.25, 0.3) is 0 Å². The van der Waals surface area contributed by atoms with Gasteiger partial charge in [-0.15, -0.1) is 10.2 Å². The molecule has 0 radical (unpaired) electrons. The van der Waals surface area contributed by atoms with Crippen molar-refractivity contribution in [1.82, 2.24) is 35.2 Å². The number of thioether (sulfide) groups is 1. The lowest BCUT2D eigenvalue weighted by Gasteiger charge is -2.33. The Morgan fingerprint density at radius 1 is 1.31 bits per heavy atom. The predicted octanol–water partition coefficient (Wildman–Crippen LogP) is 0.464. The van der Waals surface area contributed by atoms with Gasteiger partial charge in [0.1, 0.15) is 12.4 Å². The molecule has 164 valence electrons. The average molecular weight is 425 g/mol. The first kappa shape index (κ1) is 23.5. The van der Waals surface area contributed by atoms with E-state index in [4.69, 9.17) is 4.99 Å². The molecule has 0 bridgehead atoms. The van der Waals surface area contributed by atoms with Gasteiger partial charge in [-0.25, -0.2) is 4.99 Å². The van der Waals surface area contributed by atoms with E-state index < -0.39 is 0 Å². The van der Waals surface area contributed by atoms with Crippen LogP contribution in [-0.4, -0.2) is 94.8 Å². The zero-order valence-electron chi connectivity index (χ0n) is 18.4. The second-order valence-corrected chi connectivity index (χ2v) is 8.63. The lowest BCUT2D eigenvalue weighted by molar-refractivity contribution is -0.130. The van der Waals surface area contributed by atoms with Crippen molar-refractivity contribution < 1.29 is 4.79 Å². The summed E-state index contributed by atoms with van der Waals surface area (Å²) in [5.41, 5.74) is 0. The van der Waals surface area contributed by atoms with Crippen LogP contribution in [0.15, 0.2) is 4.99 Å². The van der Waals surface area contributed by atoms with Crippen LogP contribution in [0, 0.1) is 6.92 Å². The van der Waals surface area contributed by atoms with Crippen molar-refractivity contribution in [2.75, 3.05) is 52.3 Å². The molecule has 0 saturated carbocycles. The van der Waals surface area contributed by atoms with Crippen molar-refractivity contribution in [3.63, 3.8) is 0 Å². The second kappa shape index (κ2) is 12.0. The lowest BCUT2D eigenvalue weighted by Crippen LogP contribution is -2.50. The third-order valence-corrected chi connectivity index (χ3v) is 5.86. The molecule has 0 spiro atoms. The molecule has 1 amide bonds. The fraction of sp³-hybridized carbons (Fsp3) is 0.789. The molecule has 0 aliphatic carbocycles. The van der Waals surface area contributed by atoms with Crippen LogP contribution in [-0.2, 0) is 18.4 Å². The van der Waals surface area contributed by atoms with Crippen LogP contribution in [0.4, 0.5) is 0 Å². The number of rotatable bonds is 9. The van der Waals surface area contributed by atoms with Crippen molar-refractivity contribution in [1.29, 1.82) is 0 Å². The number of piperidine rings is 1. The number of carbonyl (C=O) groups is 1. The van der Waals surface area contributed by atoms with E-state index in [0.717, 1.165) is 62.3 Å². The molecule has 2 N–H and O–H groups in total. The molecule has 1 aliphatic rings. The van der Waals surface area contributed by atoms with Crippen molar-refractivity contribution in [3.8, 4) is 0 Å². The van der Waals surface area contributed by atoms with Crippen LogP contribution >= 0.6 is 11.8 Å². The first-order chi connectivity index (χ1) is 13.9. The molecular formula is C19H36N8OS. The number of aromatic nitrogens is 3. The number of nitrogens with one attached hydrogen (secondary N) is 2. The smallest absolute Gasteiger partial charge is 0.236 e. The van der Waals surface area contributed by atoms with E-state index in [1.165, 1.54) is 0 Å². The number of nitrogens with zero attached hydrogens (tertiary/aromatic N) is 6. The van der Waals surface area contributed by atoms with E-state index in [2.05, 4.69) is 32.0 Å². The zero-order valence-corrected chi connectivity index (χ0v) is 19.3. The number of hydrogen-bond donors (Lipinski definition) is 2. The fourth-order valence-corrected chi connectivity index (χ4v) is 3.51. The minimum Gasteiger partial charge on any atom is -0.356 e. The van der Waals surface area contributed by atoms with Gasteiger partial charge in [0.2, 0.25) is 5.91 Å². The first-order valence-corrected chi connectivity index (χ1v) is 11.6. The highest BCUT2D eigenvalue weighted by Gasteiger charge is 2.22. The minimum atomic E-state index is 0.160. The molecule has 1 aliphatic heterocycles. The molecule has 1 fully saturated rings. The van der Waals surface area contributed by atoms with Gasteiger partial charge >= 0.3 is 0 Å². The van der Waals surface area contributed by atoms with Gasteiger partial charge in [0, 0.05) is 46.8 Å². The SMILES string of the molecule is CSCCCNC(=NCc1nnc(C)n1C)NC1CCN(CC(=O)N(C)C)CC1. The van der Waals surface area contributed by atoms with E-state index in [9.17, 15) is 4.79 Å². The maximum absolute atomic E-state index is 11.9. The third kappa shape index (κ3) is 7.85. The standard InChI is InChI=1S/C19H36N8OS/c1-15-23-24-17(26(15)4)13-21-19(20-9-6-12-29-5)22-16-7-10-27(11-8-16)14-18(28)25(2)3/h16H,6-14H2,1-5H3,(H2,20,21,22). The Bertz CT molecular complexity index is 667. The summed E-state index contributed by atoms with van der Waals surface area (Å²) in [5, 5.41) is 15.3. The van der Waals surface area contributed by atoms with Crippen LogP contribution in [0.5, 0.6) is 0 Å². The normalized spacial score (nSPS) is 16.1. The largest absolute Gasteiger partial charge is 0.356 e. The van der Waals surface area contributed by atoms with E-state index in [-0.39, 0.29) is 5.91 Å². The Kier molecular flexibility index (Phi) is 9.72. The predicted molar refractivity (Wildman–Crippen MR) is 119 cm³/mol. The molecule has 2 heterocycles. The van der Waals surface area contributed by atoms with Gasteiger partial charge in [-0.2, -0.15) is 11.8 Å². The van der Waals surface area contributed by atoms with Crippen LogP contribution in [0.2, 0.25) is 0 Å². The summed E-state index contributed by atoms with van der Waals surface area (Å²) in [6, 6.07) is 0.355. The maximum atomic E-state index is 11.9. The van der Waals surface area contributed by atoms with E-state index >= 15 is 0 Å². The molecule has 1 saturated heterocycles. The molecular weight excluding hydrogens is 388 g/mol. The van der Waals surface area contributed by atoms with E-state index in [1.807, 2.05) is 30.3 Å². The summed E-state index contributed by atoms with van der Waals surface area (Å²) < 4.78 is 1.97. The topological polar surface area (TPSA) is 90.7 Å². The molecule has 0 atom stereocenters. The molecule has 29 heavy (non-hydrogen) atoms. The Hall–Kier alpha value is -1.81. The second-order valence-electron chi connectivity index (χ2n) is 7.64. The van der Waals surface area contributed by atoms with Crippen LogP contribution in [0.1, 0.15) is 30.9 Å². The van der Waals surface area contributed by atoms with Gasteiger partial charge in [-0.3, -0.25) is 9.69 Å². The van der Waals surface area contributed by atoms with Gasteiger partial charge in [-0.05, 0) is 38.2 Å². The lowest BCUT2D eigenvalue weighted by atomic mass is 10.1. The minimum absolute atomic E-state index is 0.160. The van der Waals surface area contributed by atoms with Crippen molar-refractivity contribution in [2.45, 2.75) is 38.8 Å². The molecule has 0 aromatic carbocycles. The summed E-state index contributed by atoms with van der Waals surface area (Å²) in [5.74, 6) is 3.85. The van der Waals surface area contributed by atoms with Gasteiger partial charge in [0.05, 0.1) is 6.54 Å². The number of amides is 1. The quantitative estimate of drug-likeness (QED) is 0.338. The zero-order chi connectivity index (χ0) is 21.2. The summed E-state index contributed by atoms with van der Waals surface area (Å²) in [6.07, 6.45) is 5.21. The van der Waals surface area contributed by atoms with Crippen LogP contribution in [0.3, 0.4) is 0 Å². The summed E-state index contributed by atoms with van der Waals surface area (Å²) in [6.45, 7) is 5.65. The van der Waals surface area contributed by atoms with E-state index in [0.29, 0.717) is 19.1 Å². The molecule has 0 unspecified atom stereocenters. The van der Waals surface area contributed by atoms with Gasteiger partial charge < -0.3 is 20.1 Å².